The Bertz CT molecular complexity index is 850. The Kier molecular flexibility index (Phi) is 4.24. The zero-order chi connectivity index (χ0) is 16.2. The molecule has 2 aromatic heterocycles. The molecule has 0 bridgehead atoms. The van der Waals surface area contributed by atoms with Crippen LogP contribution < -0.4 is 21.9 Å². The van der Waals surface area contributed by atoms with Gasteiger partial charge in [-0.25, -0.2) is 4.98 Å². The molecule has 7 nitrogen and oxygen atoms in total. The number of thiazole rings is 1. The minimum Gasteiger partial charge on any atom is -0.387 e. The molecule has 0 aliphatic carbocycles. The molecule has 1 aliphatic heterocycles. The van der Waals surface area contributed by atoms with Crippen LogP contribution in [-0.2, 0) is 11.2 Å². The summed E-state index contributed by atoms with van der Waals surface area (Å²) in [5.74, 6) is -0.312. The molecule has 3 rings (SSSR count). The van der Waals surface area contributed by atoms with Gasteiger partial charge in [0.05, 0.1) is 12.1 Å². The third-order valence-electron chi connectivity index (χ3n) is 3.24. The van der Waals surface area contributed by atoms with Gasteiger partial charge in [0.2, 0.25) is 5.91 Å². The first-order valence-electron chi connectivity index (χ1n) is 6.95. The van der Waals surface area contributed by atoms with Gasteiger partial charge in [-0.2, -0.15) is 0 Å². The van der Waals surface area contributed by atoms with Crippen molar-refractivity contribution in [3.05, 3.63) is 57.6 Å². The maximum atomic E-state index is 12.1. The van der Waals surface area contributed by atoms with Crippen molar-refractivity contribution >= 4 is 33.6 Å². The smallest absolute Gasteiger partial charge is 0.271 e. The van der Waals surface area contributed by atoms with Crippen LogP contribution in [0.4, 0.5) is 10.8 Å². The van der Waals surface area contributed by atoms with Crippen LogP contribution in [0.3, 0.4) is 0 Å². The molecule has 1 amide bonds. The van der Waals surface area contributed by atoms with E-state index in [-0.39, 0.29) is 23.6 Å². The van der Waals surface area contributed by atoms with E-state index in [2.05, 4.69) is 20.6 Å². The predicted octanol–water partition coefficient (Wildman–Crippen LogP) is 1.10. The lowest BCUT2D eigenvalue weighted by atomic mass is 10.1. The summed E-state index contributed by atoms with van der Waals surface area (Å²) in [6, 6.07) is 1.66. The lowest BCUT2D eigenvalue weighted by molar-refractivity contribution is -0.115. The molecule has 2 aromatic rings. The Labute approximate surface area is 136 Å². The minimum atomic E-state index is -0.349. The number of nitrogens with zero attached hydrogens (tertiary/aromatic N) is 1. The summed E-state index contributed by atoms with van der Waals surface area (Å²) in [7, 11) is 0. The molecule has 0 radical (unpaired) electrons. The van der Waals surface area contributed by atoms with Gasteiger partial charge in [0.25, 0.3) is 5.56 Å². The quantitative estimate of drug-likeness (QED) is 0.671. The molecular formula is C15H15N5O2S. The fourth-order valence-corrected chi connectivity index (χ4v) is 2.74. The van der Waals surface area contributed by atoms with Crippen molar-refractivity contribution in [3.8, 4) is 0 Å². The number of nitrogen functional groups attached to an aromatic ring is 1. The summed E-state index contributed by atoms with van der Waals surface area (Å²) in [6.07, 6.45) is 7.44. The Morgan fingerprint density at radius 3 is 3.04 bits per heavy atom. The normalized spacial score (nSPS) is 13.3. The number of carbonyl (C=O) groups excluding carboxylic acids is 1. The van der Waals surface area contributed by atoms with E-state index in [1.165, 1.54) is 11.3 Å². The number of dihydropyridines is 1. The Morgan fingerprint density at radius 1 is 1.48 bits per heavy atom. The van der Waals surface area contributed by atoms with E-state index in [1.54, 1.807) is 17.6 Å². The van der Waals surface area contributed by atoms with Crippen LogP contribution in [-0.4, -0.2) is 22.4 Å². The highest BCUT2D eigenvalue weighted by Gasteiger charge is 2.11. The number of anilines is 2. The van der Waals surface area contributed by atoms with Crippen LogP contribution >= 0.6 is 11.3 Å². The third kappa shape index (κ3) is 3.67. The van der Waals surface area contributed by atoms with Gasteiger partial charge in [0.15, 0.2) is 5.13 Å². The molecule has 0 fully saturated rings. The van der Waals surface area contributed by atoms with Crippen LogP contribution in [0, 0.1) is 0 Å². The Balaban J connectivity index is 1.76. The molecule has 3 heterocycles. The monoisotopic (exact) mass is 329 g/mol. The van der Waals surface area contributed by atoms with E-state index >= 15 is 0 Å². The van der Waals surface area contributed by atoms with Crippen LogP contribution in [0.1, 0.15) is 11.3 Å². The lowest BCUT2D eigenvalue weighted by Gasteiger charge is -2.10. The molecule has 5 N–H and O–H groups in total. The maximum absolute atomic E-state index is 12.1. The second kappa shape index (κ2) is 6.49. The minimum absolute atomic E-state index is 0.0733. The molecule has 0 atom stereocenters. The molecule has 0 saturated carbocycles. The highest BCUT2D eigenvalue weighted by atomic mass is 32.1. The van der Waals surface area contributed by atoms with Gasteiger partial charge in [-0.3, -0.25) is 9.59 Å². The van der Waals surface area contributed by atoms with E-state index in [1.807, 2.05) is 18.4 Å². The number of aromatic nitrogens is 2. The standard InChI is InChI=1S/C15H15N5O2S/c16-15-19-11(8-23-15)6-13(21)20-12-5-10(7-18-14(12)22)9-1-3-17-4-2-9/h1-3,5,7-8,17H,4,6H2,(H2,16,19)(H,18,22)(H,20,21). The number of pyridine rings is 1. The van der Waals surface area contributed by atoms with Crippen LogP contribution in [0.25, 0.3) is 5.57 Å². The van der Waals surface area contributed by atoms with Crippen molar-refractivity contribution in [1.82, 2.24) is 15.3 Å². The van der Waals surface area contributed by atoms with E-state index in [4.69, 9.17) is 5.73 Å². The summed E-state index contributed by atoms with van der Waals surface area (Å²) in [6.45, 7) is 0.720. The van der Waals surface area contributed by atoms with Crippen LogP contribution in [0.5, 0.6) is 0 Å². The van der Waals surface area contributed by atoms with Gasteiger partial charge in [-0.1, -0.05) is 6.08 Å². The van der Waals surface area contributed by atoms with Crippen molar-refractivity contribution in [3.63, 3.8) is 0 Å². The fourth-order valence-electron chi connectivity index (χ4n) is 2.17. The van der Waals surface area contributed by atoms with E-state index in [0.29, 0.717) is 10.8 Å². The summed E-state index contributed by atoms with van der Waals surface area (Å²) < 4.78 is 0. The zero-order valence-corrected chi connectivity index (χ0v) is 12.9. The fraction of sp³-hybridized carbons (Fsp3) is 0.133. The molecule has 8 heteroatoms. The summed E-state index contributed by atoms with van der Waals surface area (Å²) in [5.41, 5.74) is 7.79. The van der Waals surface area contributed by atoms with Crippen molar-refractivity contribution in [2.24, 2.45) is 0 Å². The average molecular weight is 329 g/mol. The van der Waals surface area contributed by atoms with Gasteiger partial charge in [-0.15, -0.1) is 11.3 Å². The number of H-pyrrole nitrogens is 1. The number of carbonyl (C=O) groups is 1. The number of hydrogen-bond acceptors (Lipinski definition) is 6. The highest BCUT2D eigenvalue weighted by molar-refractivity contribution is 7.13. The van der Waals surface area contributed by atoms with Crippen molar-refractivity contribution < 1.29 is 4.79 Å². The van der Waals surface area contributed by atoms with Crippen molar-refractivity contribution in [2.45, 2.75) is 6.42 Å². The molecule has 0 unspecified atom stereocenters. The Hall–Kier alpha value is -2.87. The number of nitrogens with two attached hydrogens (primary N) is 1. The summed E-state index contributed by atoms with van der Waals surface area (Å²) >= 11 is 1.27. The lowest BCUT2D eigenvalue weighted by Crippen LogP contribution is -2.21. The highest BCUT2D eigenvalue weighted by Crippen LogP contribution is 2.18. The van der Waals surface area contributed by atoms with Gasteiger partial charge >= 0.3 is 0 Å². The van der Waals surface area contributed by atoms with Crippen molar-refractivity contribution in [1.29, 1.82) is 0 Å². The number of nitrogens with one attached hydrogen (secondary N) is 3. The number of aromatic amines is 1. The SMILES string of the molecule is Nc1nc(CC(=O)Nc2cc(C3=CCNC=C3)c[nH]c2=O)cs1. The summed E-state index contributed by atoms with van der Waals surface area (Å²) in [4.78, 5) is 30.6. The Morgan fingerprint density at radius 2 is 2.35 bits per heavy atom. The summed E-state index contributed by atoms with van der Waals surface area (Å²) in [5, 5.41) is 7.82. The largest absolute Gasteiger partial charge is 0.387 e. The first-order valence-corrected chi connectivity index (χ1v) is 7.83. The maximum Gasteiger partial charge on any atom is 0.271 e. The first kappa shape index (κ1) is 15.0. The number of allylic oxidation sites excluding steroid dienone is 2. The molecule has 0 saturated heterocycles. The number of amides is 1. The zero-order valence-electron chi connectivity index (χ0n) is 12.1. The second-order valence-electron chi connectivity index (χ2n) is 4.93. The number of rotatable bonds is 4. The first-order chi connectivity index (χ1) is 11.1. The topological polar surface area (TPSA) is 113 Å². The van der Waals surface area contributed by atoms with Crippen LogP contribution in [0.15, 0.2) is 40.8 Å². The molecule has 0 spiro atoms. The van der Waals surface area contributed by atoms with E-state index < -0.39 is 0 Å². The van der Waals surface area contributed by atoms with E-state index in [9.17, 15) is 9.59 Å². The van der Waals surface area contributed by atoms with Crippen LogP contribution in [0.2, 0.25) is 0 Å². The van der Waals surface area contributed by atoms with Gasteiger partial charge < -0.3 is 21.4 Å². The second-order valence-corrected chi connectivity index (χ2v) is 5.82. The van der Waals surface area contributed by atoms with Gasteiger partial charge in [0.1, 0.15) is 5.69 Å². The molecular weight excluding hydrogens is 314 g/mol. The average Bonchev–Trinajstić information content (AvgIpc) is 2.95. The number of hydrogen-bond donors (Lipinski definition) is 4. The van der Waals surface area contributed by atoms with E-state index in [0.717, 1.165) is 17.7 Å². The third-order valence-corrected chi connectivity index (χ3v) is 3.97. The van der Waals surface area contributed by atoms with Gasteiger partial charge in [0, 0.05) is 18.1 Å². The molecule has 23 heavy (non-hydrogen) atoms. The molecule has 118 valence electrons. The molecule has 1 aliphatic rings. The van der Waals surface area contributed by atoms with Crippen molar-refractivity contribution in [2.75, 3.05) is 17.6 Å². The van der Waals surface area contributed by atoms with Gasteiger partial charge in [-0.05, 0) is 29.5 Å². The predicted molar refractivity (Wildman–Crippen MR) is 91.0 cm³/mol. The molecule has 0 aromatic carbocycles.